The van der Waals surface area contributed by atoms with Crippen molar-refractivity contribution in [2.45, 2.75) is 26.8 Å². The van der Waals surface area contributed by atoms with Gasteiger partial charge in [-0.25, -0.2) is 4.68 Å². The maximum atomic E-state index is 13.1. The first-order valence-corrected chi connectivity index (χ1v) is 8.86. The Labute approximate surface area is 148 Å². The average molecular weight is 342 g/mol. The van der Waals surface area contributed by atoms with Crippen molar-refractivity contribution in [1.82, 2.24) is 20.0 Å². The Morgan fingerprint density at radius 2 is 2.12 bits per heavy atom. The van der Waals surface area contributed by atoms with E-state index in [1.807, 2.05) is 42.2 Å². The average Bonchev–Trinajstić information content (AvgIpc) is 3.05. The first kappa shape index (κ1) is 17.5. The Kier molecular flexibility index (Phi) is 5.38. The number of aromatic nitrogens is 2. The highest BCUT2D eigenvalue weighted by Crippen LogP contribution is 2.23. The van der Waals surface area contributed by atoms with Crippen molar-refractivity contribution in [1.29, 1.82) is 0 Å². The second-order valence-electron chi connectivity index (χ2n) is 6.88. The number of rotatable bonds is 5. The second kappa shape index (κ2) is 7.70. The quantitative estimate of drug-likeness (QED) is 0.906. The molecule has 1 aliphatic heterocycles. The lowest BCUT2D eigenvalue weighted by Crippen LogP contribution is -2.52. The lowest BCUT2D eigenvalue weighted by Gasteiger charge is -2.33. The normalized spacial score (nSPS) is 17.8. The molecule has 0 radical (unpaired) electrons. The Bertz CT molecular complexity index is 711. The Morgan fingerprint density at radius 1 is 1.36 bits per heavy atom. The summed E-state index contributed by atoms with van der Waals surface area (Å²) in [6, 6.07) is 9.91. The van der Waals surface area contributed by atoms with E-state index in [4.69, 9.17) is 4.74 Å². The maximum Gasteiger partial charge on any atom is 0.278 e. The highest BCUT2D eigenvalue weighted by atomic mass is 16.5. The molecule has 25 heavy (non-hydrogen) atoms. The van der Waals surface area contributed by atoms with Crippen LogP contribution in [-0.2, 0) is 0 Å². The number of benzene rings is 1. The van der Waals surface area contributed by atoms with Gasteiger partial charge in [-0.1, -0.05) is 32.0 Å². The van der Waals surface area contributed by atoms with Gasteiger partial charge >= 0.3 is 0 Å². The summed E-state index contributed by atoms with van der Waals surface area (Å²) in [5, 5.41) is 7.85. The van der Waals surface area contributed by atoms with Crippen molar-refractivity contribution in [3.8, 4) is 11.4 Å². The van der Waals surface area contributed by atoms with Gasteiger partial charge in [-0.15, -0.1) is 0 Å². The van der Waals surface area contributed by atoms with Crippen LogP contribution < -0.4 is 10.1 Å². The Balaban J connectivity index is 1.92. The molecule has 1 fully saturated rings. The number of ether oxygens (including phenoxy) is 1. The van der Waals surface area contributed by atoms with E-state index < -0.39 is 0 Å². The fraction of sp³-hybridized carbons (Fsp3) is 0.474. The van der Waals surface area contributed by atoms with Gasteiger partial charge in [-0.2, -0.15) is 5.10 Å². The van der Waals surface area contributed by atoms with Crippen molar-refractivity contribution in [2.24, 2.45) is 5.92 Å². The smallest absolute Gasteiger partial charge is 0.278 e. The summed E-state index contributed by atoms with van der Waals surface area (Å²) in [4.78, 5) is 14.9. The molecule has 0 bridgehead atoms. The molecule has 6 nitrogen and oxygen atoms in total. The number of hydrogen-bond donors (Lipinski definition) is 1. The van der Waals surface area contributed by atoms with Crippen molar-refractivity contribution >= 4 is 5.91 Å². The molecule has 2 heterocycles. The molecule has 1 N–H and O–H groups in total. The number of amides is 1. The Morgan fingerprint density at radius 3 is 2.80 bits per heavy atom. The maximum absolute atomic E-state index is 13.1. The second-order valence-corrected chi connectivity index (χ2v) is 6.88. The molecule has 0 unspecified atom stereocenters. The van der Waals surface area contributed by atoms with Crippen LogP contribution in [0.15, 0.2) is 36.5 Å². The van der Waals surface area contributed by atoms with E-state index >= 15 is 0 Å². The zero-order valence-electron chi connectivity index (χ0n) is 15.1. The molecule has 3 rings (SSSR count). The van der Waals surface area contributed by atoms with Crippen molar-refractivity contribution in [3.63, 3.8) is 0 Å². The minimum absolute atomic E-state index is 0.0672. The molecule has 1 saturated heterocycles. The molecular weight excluding hydrogens is 316 g/mol. The SMILES string of the molecule is CC(C)COc1cn(-c2ccccc2)nc1C(=O)N1CCNC[C@@H]1C. The molecule has 2 aromatic rings. The van der Waals surface area contributed by atoms with E-state index in [1.54, 1.807) is 10.9 Å². The van der Waals surface area contributed by atoms with Crippen LogP contribution in [0.4, 0.5) is 0 Å². The number of nitrogens with zero attached hydrogens (tertiary/aromatic N) is 3. The largest absolute Gasteiger partial charge is 0.489 e. The summed E-state index contributed by atoms with van der Waals surface area (Å²) in [7, 11) is 0. The molecule has 6 heteroatoms. The number of para-hydroxylation sites is 1. The summed E-state index contributed by atoms with van der Waals surface area (Å²) in [6.45, 7) is 9.06. The van der Waals surface area contributed by atoms with Gasteiger partial charge in [-0.05, 0) is 25.0 Å². The molecule has 1 aromatic heterocycles. The molecular formula is C19H26N4O2. The van der Waals surface area contributed by atoms with Crippen LogP contribution >= 0.6 is 0 Å². The zero-order chi connectivity index (χ0) is 17.8. The van der Waals surface area contributed by atoms with Gasteiger partial charge < -0.3 is 15.0 Å². The van der Waals surface area contributed by atoms with Gasteiger partial charge in [0.1, 0.15) is 0 Å². The number of carbonyl (C=O) groups is 1. The minimum atomic E-state index is -0.0672. The van der Waals surface area contributed by atoms with E-state index in [-0.39, 0.29) is 11.9 Å². The highest BCUT2D eigenvalue weighted by Gasteiger charge is 2.29. The fourth-order valence-electron chi connectivity index (χ4n) is 2.86. The molecule has 1 atom stereocenters. The van der Waals surface area contributed by atoms with E-state index in [0.717, 1.165) is 18.8 Å². The number of piperazine rings is 1. The van der Waals surface area contributed by atoms with Gasteiger partial charge in [0, 0.05) is 25.7 Å². The van der Waals surface area contributed by atoms with Gasteiger partial charge in [0.15, 0.2) is 11.4 Å². The van der Waals surface area contributed by atoms with Gasteiger partial charge in [0.2, 0.25) is 0 Å². The van der Waals surface area contributed by atoms with Crippen molar-refractivity contribution in [3.05, 3.63) is 42.2 Å². The molecule has 1 aromatic carbocycles. The summed E-state index contributed by atoms with van der Waals surface area (Å²) in [5.74, 6) is 0.858. The minimum Gasteiger partial charge on any atom is -0.489 e. The van der Waals surface area contributed by atoms with Gasteiger partial charge in [0.25, 0.3) is 5.91 Å². The number of carbonyl (C=O) groups excluding carboxylic acids is 1. The number of hydrogen-bond acceptors (Lipinski definition) is 4. The number of nitrogens with one attached hydrogen (secondary N) is 1. The first-order chi connectivity index (χ1) is 12.1. The van der Waals surface area contributed by atoms with Crippen LogP contribution in [0.3, 0.4) is 0 Å². The van der Waals surface area contributed by atoms with E-state index in [2.05, 4.69) is 24.3 Å². The van der Waals surface area contributed by atoms with E-state index in [1.165, 1.54) is 0 Å². The monoisotopic (exact) mass is 342 g/mol. The molecule has 134 valence electrons. The fourth-order valence-corrected chi connectivity index (χ4v) is 2.86. The molecule has 1 amide bonds. The molecule has 0 aliphatic carbocycles. The van der Waals surface area contributed by atoms with Crippen LogP contribution in [0, 0.1) is 5.92 Å². The van der Waals surface area contributed by atoms with Crippen LogP contribution in [0.1, 0.15) is 31.3 Å². The van der Waals surface area contributed by atoms with Gasteiger partial charge in [-0.3, -0.25) is 4.79 Å². The standard InChI is InChI=1S/C19H26N4O2/c1-14(2)13-25-17-12-23(16-7-5-4-6-8-16)21-18(17)19(24)22-10-9-20-11-15(22)3/h4-8,12,14-15,20H,9-11,13H2,1-3H3/t15-/m0/s1. The third-order valence-corrected chi connectivity index (χ3v) is 4.24. The molecule has 0 saturated carbocycles. The van der Waals surface area contributed by atoms with E-state index in [0.29, 0.717) is 30.5 Å². The molecule has 1 aliphatic rings. The van der Waals surface area contributed by atoms with Crippen LogP contribution in [0.5, 0.6) is 5.75 Å². The lowest BCUT2D eigenvalue weighted by molar-refractivity contribution is 0.0644. The lowest BCUT2D eigenvalue weighted by atomic mass is 10.2. The van der Waals surface area contributed by atoms with Crippen molar-refractivity contribution in [2.75, 3.05) is 26.2 Å². The summed E-state index contributed by atoms with van der Waals surface area (Å²) in [6.07, 6.45) is 1.80. The summed E-state index contributed by atoms with van der Waals surface area (Å²) < 4.78 is 7.62. The molecule has 0 spiro atoms. The Hall–Kier alpha value is -2.34. The van der Waals surface area contributed by atoms with Crippen LogP contribution in [0.2, 0.25) is 0 Å². The zero-order valence-corrected chi connectivity index (χ0v) is 15.1. The van der Waals surface area contributed by atoms with E-state index in [9.17, 15) is 4.79 Å². The highest BCUT2D eigenvalue weighted by molar-refractivity contribution is 5.95. The van der Waals surface area contributed by atoms with Gasteiger partial charge in [0.05, 0.1) is 18.5 Å². The third kappa shape index (κ3) is 4.02. The predicted octanol–water partition coefficient (Wildman–Crippen LogP) is 2.34. The van der Waals surface area contributed by atoms with Crippen LogP contribution in [-0.4, -0.2) is 52.9 Å². The topological polar surface area (TPSA) is 59.4 Å². The summed E-state index contributed by atoms with van der Waals surface area (Å²) in [5.41, 5.74) is 1.29. The third-order valence-electron chi connectivity index (χ3n) is 4.24. The summed E-state index contributed by atoms with van der Waals surface area (Å²) >= 11 is 0. The predicted molar refractivity (Wildman–Crippen MR) is 97.3 cm³/mol. The first-order valence-electron chi connectivity index (χ1n) is 8.86. The van der Waals surface area contributed by atoms with Crippen molar-refractivity contribution < 1.29 is 9.53 Å². The van der Waals surface area contributed by atoms with Crippen LogP contribution in [0.25, 0.3) is 5.69 Å².